The molecule has 0 spiro atoms. The molecule has 0 N–H and O–H groups in total. The Bertz CT molecular complexity index is 183. The number of halogens is 1. The molecule has 0 saturated carbocycles. The molecule has 0 radical (unpaired) electrons. The van der Waals surface area contributed by atoms with Crippen molar-refractivity contribution < 1.29 is 13.9 Å². The Hall–Kier alpha value is -1.37. The van der Waals surface area contributed by atoms with Gasteiger partial charge in [0.15, 0.2) is 0 Å². The highest BCUT2D eigenvalue weighted by Gasteiger charge is 2.05. The number of ether oxygens (including phenoxy) is 1. The number of nitrogens with zero attached hydrogens (tertiary/aromatic N) is 1. The van der Waals surface area contributed by atoms with E-state index in [-0.39, 0.29) is 13.0 Å². The van der Waals surface area contributed by atoms with Crippen LogP contribution in [0.5, 0.6) is 0 Å². The van der Waals surface area contributed by atoms with Crippen LogP contribution in [0.15, 0.2) is 12.4 Å². The fraction of sp³-hybridized carbons (Fsp3) is 0.333. The molecule has 0 bridgehead atoms. The maximum Gasteiger partial charge on any atom is 0.366 e. The van der Waals surface area contributed by atoms with E-state index in [9.17, 15) is 9.18 Å². The molecule has 54 valence electrons. The van der Waals surface area contributed by atoms with Gasteiger partial charge >= 0.3 is 5.97 Å². The van der Waals surface area contributed by atoms with Gasteiger partial charge in [-0.25, -0.2) is 4.79 Å². The van der Waals surface area contributed by atoms with Crippen LogP contribution >= 0.6 is 0 Å². The first kappa shape index (κ1) is 8.63. The predicted molar refractivity (Wildman–Crippen MR) is 31.4 cm³/mol. The fourth-order valence-electron chi connectivity index (χ4n) is 0.268. The second-order valence-electron chi connectivity index (χ2n) is 1.45. The second kappa shape index (κ2) is 4.50. The van der Waals surface area contributed by atoms with Gasteiger partial charge < -0.3 is 4.74 Å². The SMILES string of the molecule is C=C(F)C(=O)OCCC#N. The van der Waals surface area contributed by atoms with Crippen molar-refractivity contribution in [1.82, 2.24) is 0 Å². The number of hydrogen-bond acceptors (Lipinski definition) is 3. The van der Waals surface area contributed by atoms with Gasteiger partial charge in [0.05, 0.1) is 12.5 Å². The van der Waals surface area contributed by atoms with Crippen LogP contribution in [0.3, 0.4) is 0 Å². The highest BCUT2D eigenvalue weighted by atomic mass is 19.1. The number of hydrogen-bond donors (Lipinski definition) is 0. The van der Waals surface area contributed by atoms with Gasteiger partial charge in [0.2, 0.25) is 5.83 Å². The molecule has 0 atom stereocenters. The lowest BCUT2D eigenvalue weighted by molar-refractivity contribution is -0.140. The molecule has 4 heteroatoms. The highest BCUT2D eigenvalue weighted by molar-refractivity contribution is 5.85. The first-order valence-electron chi connectivity index (χ1n) is 2.57. The molecule has 0 saturated heterocycles. The van der Waals surface area contributed by atoms with E-state index in [2.05, 4.69) is 11.3 Å². The molecular formula is C6H6FNO2. The predicted octanol–water partition coefficient (Wildman–Crippen LogP) is 0.926. The van der Waals surface area contributed by atoms with E-state index < -0.39 is 11.8 Å². The summed E-state index contributed by atoms with van der Waals surface area (Å²) < 4.78 is 16.0. The summed E-state index contributed by atoms with van der Waals surface area (Å²) >= 11 is 0. The molecule has 3 nitrogen and oxygen atoms in total. The first-order chi connectivity index (χ1) is 4.68. The van der Waals surface area contributed by atoms with E-state index in [1.54, 1.807) is 6.07 Å². The summed E-state index contributed by atoms with van der Waals surface area (Å²) in [7, 11) is 0. The fourth-order valence-corrected chi connectivity index (χ4v) is 0.268. The molecule has 10 heavy (non-hydrogen) atoms. The lowest BCUT2D eigenvalue weighted by atomic mass is 10.5. The minimum atomic E-state index is -1.14. The molecule has 0 heterocycles. The third kappa shape index (κ3) is 3.61. The van der Waals surface area contributed by atoms with Crippen LogP contribution in [0.25, 0.3) is 0 Å². The minimum Gasteiger partial charge on any atom is -0.459 e. The van der Waals surface area contributed by atoms with Crippen molar-refractivity contribution in [1.29, 1.82) is 5.26 Å². The van der Waals surface area contributed by atoms with Crippen molar-refractivity contribution in [2.24, 2.45) is 0 Å². The maximum atomic E-state index is 11.8. The minimum absolute atomic E-state index is 0.0685. The van der Waals surface area contributed by atoms with Gasteiger partial charge in [-0.05, 0) is 0 Å². The third-order valence-corrected chi connectivity index (χ3v) is 0.669. The lowest BCUT2D eigenvalue weighted by Crippen LogP contribution is -2.04. The van der Waals surface area contributed by atoms with Crippen molar-refractivity contribution in [3.63, 3.8) is 0 Å². The molecule has 0 unspecified atom stereocenters. The van der Waals surface area contributed by atoms with Crippen LogP contribution in [0.2, 0.25) is 0 Å². The highest BCUT2D eigenvalue weighted by Crippen LogP contribution is 1.94. The molecule has 0 aromatic carbocycles. The van der Waals surface area contributed by atoms with Crippen molar-refractivity contribution >= 4 is 5.97 Å². The molecule has 0 aliphatic heterocycles. The van der Waals surface area contributed by atoms with Crippen molar-refractivity contribution in [2.75, 3.05) is 6.61 Å². The molecule has 0 amide bonds. The van der Waals surface area contributed by atoms with E-state index >= 15 is 0 Å². The Balaban J connectivity index is 3.43. The molecule has 0 aliphatic rings. The Labute approximate surface area is 57.7 Å². The number of carbonyl (C=O) groups excluding carboxylic acids is 1. The third-order valence-electron chi connectivity index (χ3n) is 0.669. The van der Waals surface area contributed by atoms with Gasteiger partial charge in [0.1, 0.15) is 6.61 Å². The summed E-state index contributed by atoms with van der Waals surface area (Å²) in [6.45, 7) is 2.62. The Morgan fingerprint density at radius 2 is 2.40 bits per heavy atom. The molecule has 0 fully saturated rings. The van der Waals surface area contributed by atoms with E-state index in [0.717, 1.165) is 0 Å². The Kier molecular flexibility index (Phi) is 3.89. The zero-order valence-corrected chi connectivity index (χ0v) is 5.26. The van der Waals surface area contributed by atoms with Crippen LogP contribution < -0.4 is 0 Å². The smallest absolute Gasteiger partial charge is 0.366 e. The number of carbonyl (C=O) groups is 1. The molecule has 0 aromatic rings. The van der Waals surface area contributed by atoms with Crippen LogP contribution in [0.1, 0.15) is 6.42 Å². The van der Waals surface area contributed by atoms with Gasteiger partial charge in [-0.1, -0.05) is 6.58 Å². The summed E-state index contributed by atoms with van der Waals surface area (Å²) in [5.74, 6) is -2.24. The van der Waals surface area contributed by atoms with Crippen LogP contribution in [-0.2, 0) is 9.53 Å². The Morgan fingerprint density at radius 1 is 1.80 bits per heavy atom. The Morgan fingerprint density at radius 3 is 2.80 bits per heavy atom. The van der Waals surface area contributed by atoms with E-state index in [0.29, 0.717) is 0 Å². The standard InChI is InChI=1S/C6H6FNO2/c1-5(7)6(9)10-4-2-3-8/h1-2,4H2. The number of rotatable bonds is 3. The summed E-state index contributed by atoms with van der Waals surface area (Å²) in [5.41, 5.74) is 0. The molecule has 0 aromatic heterocycles. The van der Waals surface area contributed by atoms with E-state index in [1.165, 1.54) is 0 Å². The van der Waals surface area contributed by atoms with Crippen LogP contribution in [0.4, 0.5) is 4.39 Å². The monoisotopic (exact) mass is 143 g/mol. The number of nitriles is 1. The van der Waals surface area contributed by atoms with Crippen LogP contribution in [0, 0.1) is 11.3 Å². The molecular weight excluding hydrogens is 137 g/mol. The molecule has 0 aliphatic carbocycles. The normalized spacial score (nSPS) is 8.00. The van der Waals surface area contributed by atoms with Crippen LogP contribution in [-0.4, -0.2) is 12.6 Å². The number of esters is 1. The van der Waals surface area contributed by atoms with Crippen molar-refractivity contribution in [2.45, 2.75) is 6.42 Å². The first-order valence-corrected chi connectivity index (χ1v) is 2.57. The van der Waals surface area contributed by atoms with Gasteiger partial charge in [-0.15, -0.1) is 0 Å². The van der Waals surface area contributed by atoms with Gasteiger partial charge in [0.25, 0.3) is 0 Å². The quantitative estimate of drug-likeness (QED) is 0.335. The van der Waals surface area contributed by atoms with Gasteiger partial charge in [-0.3, -0.25) is 0 Å². The van der Waals surface area contributed by atoms with E-state index in [1.807, 2.05) is 0 Å². The largest absolute Gasteiger partial charge is 0.459 e. The topological polar surface area (TPSA) is 50.1 Å². The average Bonchev–Trinajstić information content (AvgIpc) is 1.88. The zero-order valence-electron chi connectivity index (χ0n) is 5.26. The summed E-state index contributed by atoms with van der Waals surface area (Å²) in [4.78, 5) is 10.2. The van der Waals surface area contributed by atoms with Gasteiger partial charge in [-0.2, -0.15) is 9.65 Å². The van der Waals surface area contributed by atoms with Crippen molar-refractivity contribution in [3.05, 3.63) is 12.4 Å². The van der Waals surface area contributed by atoms with Crippen molar-refractivity contribution in [3.8, 4) is 6.07 Å². The van der Waals surface area contributed by atoms with E-state index in [4.69, 9.17) is 5.26 Å². The zero-order chi connectivity index (χ0) is 7.98. The summed E-state index contributed by atoms with van der Waals surface area (Å²) in [5, 5.41) is 7.96. The average molecular weight is 143 g/mol. The summed E-state index contributed by atoms with van der Waals surface area (Å²) in [6.07, 6.45) is 0.0685. The molecule has 0 rings (SSSR count). The second-order valence-corrected chi connectivity index (χ2v) is 1.45. The summed E-state index contributed by atoms with van der Waals surface area (Å²) in [6, 6.07) is 1.73. The van der Waals surface area contributed by atoms with Gasteiger partial charge in [0, 0.05) is 0 Å². The lowest BCUT2D eigenvalue weighted by Gasteiger charge is -1.96. The maximum absolute atomic E-state index is 11.8.